The van der Waals surface area contributed by atoms with Gasteiger partial charge < -0.3 is 0 Å². The van der Waals surface area contributed by atoms with Crippen molar-refractivity contribution in [2.45, 2.75) is 12.4 Å². The molecule has 0 atom stereocenters. The summed E-state index contributed by atoms with van der Waals surface area (Å²) in [5, 5.41) is 13.9. The maximum Gasteiger partial charge on any atom is 0.416 e. The van der Waals surface area contributed by atoms with Crippen LogP contribution in [0.4, 0.5) is 26.3 Å². The SMILES string of the molecule is N#CC(=Cn1nc(-c2ccc(C(F)(F)F)cc2)nc1-c1ccc(C(F)(F)F)cc1)c1cccnc1. The van der Waals surface area contributed by atoms with Crippen molar-refractivity contribution < 1.29 is 26.3 Å². The van der Waals surface area contributed by atoms with Gasteiger partial charge in [-0.3, -0.25) is 4.98 Å². The molecule has 35 heavy (non-hydrogen) atoms. The fourth-order valence-electron chi connectivity index (χ4n) is 3.16. The summed E-state index contributed by atoms with van der Waals surface area (Å²) in [5.74, 6) is 0.110. The van der Waals surface area contributed by atoms with Gasteiger partial charge in [-0.1, -0.05) is 30.3 Å². The van der Waals surface area contributed by atoms with Crippen LogP contribution in [0, 0.1) is 11.3 Å². The standard InChI is InChI=1S/C24H13F6N5/c25-23(26,27)19-7-3-15(4-8-19)21-33-22(16-5-9-20(10-6-16)24(28,29)30)35(34-21)14-18(12-31)17-2-1-11-32-13-17/h1-11,13-14H. The Labute approximate surface area is 194 Å². The summed E-state index contributed by atoms with van der Waals surface area (Å²) in [6.45, 7) is 0. The Morgan fingerprint density at radius 3 is 1.89 bits per heavy atom. The minimum absolute atomic E-state index is 0.0216. The third kappa shape index (κ3) is 5.22. The summed E-state index contributed by atoms with van der Waals surface area (Å²) in [5.41, 5.74) is -0.623. The van der Waals surface area contributed by atoms with Crippen molar-refractivity contribution in [2.24, 2.45) is 0 Å². The van der Waals surface area contributed by atoms with Crippen LogP contribution in [0.3, 0.4) is 0 Å². The van der Waals surface area contributed by atoms with E-state index in [1.54, 1.807) is 12.1 Å². The number of aromatic nitrogens is 4. The second-order valence-electron chi connectivity index (χ2n) is 7.25. The van der Waals surface area contributed by atoms with Crippen LogP contribution >= 0.6 is 0 Å². The first-order valence-corrected chi connectivity index (χ1v) is 9.90. The predicted octanol–water partition coefficient (Wildman–Crippen LogP) is 6.57. The maximum atomic E-state index is 13.0. The Hall–Kier alpha value is -4.46. The Kier molecular flexibility index (Phi) is 6.13. The lowest BCUT2D eigenvalue weighted by Gasteiger charge is -2.07. The third-order valence-electron chi connectivity index (χ3n) is 4.92. The first-order valence-electron chi connectivity index (χ1n) is 9.90. The van der Waals surface area contributed by atoms with E-state index in [2.05, 4.69) is 15.1 Å². The molecule has 5 nitrogen and oxygen atoms in total. The van der Waals surface area contributed by atoms with Crippen LogP contribution in [0.25, 0.3) is 34.5 Å². The van der Waals surface area contributed by atoms with E-state index in [1.807, 2.05) is 6.07 Å². The fourth-order valence-corrected chi connectivity index (χ4v) is 3.16. The van der Waals surface area contributed by atoms with Crippen LogP contribution in [0.2, 0.25) is 0 Å². The highest BCUT2D eigenvalue weighted by Crippen LogP contribution is 2.33. The Balaban J connectivity index is 1.83. The van der Waals surface area contributed by atoms with Gasteiger partial charge in [0.2, 0.25) is 0 Å². The molecule has 0 aliphatic heterocycles. The molecule has 0 saturated carbocycles. The summed E-state index contributed by atoms with van der Waals surface area (Å²) < 4.78 is 78.9. The number of allylic oxidation sites excluding steroid dienone is 1. The lowest BCUT2D eigenvalue weighted by molar-refractivity contribution is -0.138. The van der Waals surface area contributed by atoms with Crippen molar-refractivity contribution in [3.63, 3.8) is 0 Å². The van der Waals surface area contributed by atoms with Crippen molar-refractivity contribution in [1.29, 1.82) is 5.26 Å². The second-order valence-corrected chi connectivity index (χ2v) is 7.25. The van der Waals surface area contributed by atoms with E-state index in [0.717, 1.165) is 24.3 Å². The van der Waals surface area contributed by atoms with Crippen LogP contribution in [0.5, 0.6) is 0 Å². The lowest BCUT2D eigenvalue weighted by Crippen LogP contribution is -2.04. The molecule has 0 spiro atoms. The summed E-state index contributed by atoms with van der Waals surface area (Å²) in [4.78, 5) is 8.29. The van der Waals surface area contributed by atoms with Gasteiger partial charge in [0.25, 0.3) is 0 Å². The number of rotatable bonds is 4. The maximum absolute atomic E-state index is 13.0. The highest BCUT2D eigenvalue weighted by molar-refractivity contribution is 5.85. The number of nitriles is 1. The molecule has 0 bridgehead atoms. The average molecular weight is 485 g/mol. The molecule has 11 heteroatoms. The van der Waals surface area contributed by atoms with Gasteiger partial charge in [0, 0.05) is 35.3 Å². The normalized spacial score (nSPS) is 12.4. The molecule has 176 valence electrons. The average Bonchev–Trinajstić information content (AvgIpc) is 3.26. The van der Waals surface area contributed by atoms with Crippen LogP contribution in [-0.4, -0.2) is 19.7 Å². The number of hydrogen-bond donors (Lipinski definition) is 0. The van der Waals surface area contributed by atoms with Crippen molar-refractivity contribution in [3.8, 4) is 28.8 Å². The van der Waals surface area contributed by atoms with Crippen LogP contribution in [0.15, 0.2) is 73.1 Å². The number of nitrogens with zero attached hydrogens (tertiary/aromatic N) is 5. The summed E-state index contributed by atoms with van der Waals surface area (Å²) >= 11 is 0. The highest BCUT2D eigenvalue weighted by Gasteiger charge is 2.31. The van der Waals surface area contributed by atoms with E-state index < -0.39 is 23.5 Å². The number of halogens is 6. The third-order valence-corrected chi connectivity index (χ3v) is 4.92. The summed E-state index contributed by atoms with van der Waals surface area (Å²) in [7, 11) is 0. The molecule has 0 N–H and O–H groups in total. The molecule has 4 aromatic rings. The molecule has 0 radical (unpaired) electrons. The zero-order valence-electron chi connectivity index (χ0n) is 17.5. The van der Waals surface area contributed by atoms with Gasteiger partial charge in [0.05, 0.1) is 16.7 Å². The van der Waals surface area contributed by atoms with Crippen molar-refractivity contribution in [3.05, 3.63) is 89.7 Å². The van der Waals surface area contributed by atoms with E-state index in [1.165, 1.54) is 47.5 Å². The monoisotopic (exact) mass is 485 g/mol. The quantitative estimate of drug-likeness (QED) is 0.242. The molecular weight excluding hydrogens is 472 g/mol. The Morgan fingerprint density at radius 1 is 0.829 bits per heavy atom. The molecule has 4 rings (SSSR count). The second kappa shape index (κ2) is 9.06. The first kappa shape index (κ1) is 23.7. The number of alkyl halides is 6. The molecule has 2 aromatic heterocycles. The summed E-state index contributed by atoms with van der Waals surface area (Å²) in [6.07, 6.45) is -4.77. The predicted molar refractivity (Wildman–Crippen MR) is 115 cm³/mol. The molecule has 0 amide bonds. The zero-order valence-corrected chi connectivity index (χ0v) is 17.5. The van der Waals surface area contributed by atoms with Crippen molar-refractivity contribution in [1.82, 2.24) is 19.7 Å². The fraction of sp³-hybridized carbons (Fsp3) is 0.0833. The van der Waals surface area contributed by atoms with Gasteiger partial charge in [0.15, 0.2) is 11.6 Å². The van der Waals surface area contributed by atoms with E-state index in [4.69, 9.17) is 0 Å². The van der Waals surface area contributed by atoms with Crippen molar-refractivity contribution in [2.75, 3.05) is 0 Å². The summed E-state index contributed by atoms with van der Waals surface area (Å²) in [6, 6.07) is 13.5. The topological polar surface area (TPSA) is 67.4 Å². The van der Waals surface area contributed by atoms with Gasteiger partial charge >= 0.3 is 12.4 Å². The van der Waals surface area contributed by atoms with E-state index in [0.29, 0.717) is 5.56 Å². The molecule has 0 aliphatic carbocycles. The van der Waals surface area contributed by atoms with Crippen molar-refractivity contribution >= 4 is 11.8 Å². The van der Waals surface area contributed by atoms with Gasteiger partial charge in [0.1, 0.15) is 6.07 Å². The van der Waals surface area contributed by atoms with E-state index in [9.17, 15) is 31.6 Å². The van der Waals surface area contributed by atoms with Crippen LogP contribution in [-0.2, 0) is 12.4 Å². The molecule has 0 fully saturated rings. The highest BCUT2D eigenvalue weighted by atomic mass is 19.4. The Morgan fingerprint density at radius 2 is 1.40 bits per heavy atom. The minimum Gasteiger partial charge on any atom is -0.264 e. The zero-order chi connectivity index (χ0) is 25.2. The molecule has 0 unspecified atom stereocenters. The van der Waals surface area contributed by atoms with Gasteiger partial charge in [-0.05, 0) is 30.3 Å². The van der Waals surface area contributed by atoms with Gasteiger partial charge in [-0.15, -0.1) is 5.10 Å². The number of pyridine rings is 1. The van der Waals surface area contributed by atoms with Crippen LogP contribution in [0.1, 0.15) is 16.7 Å². The Bertz CT molecular complexity index is 1390. The van der Waals surface area contributed by atoms with Gasteiger partial charge in [-0.2, -0.15) is 31.6 Å². The molecule has 0 aliphatic rings. The number of benzene rings is 2. The van der Waals surface area contributed by atoms with E-state index in [-0.39, 0.29) is 28.3 Å². The van der Waals surface area contributed by atoms with E-state index >= 15 is 0 Å². The van der Waals surface area contributed by atoms with Gasteiger partial charge in [-0.25, -0.2) is 9.67 Å². The smallest absolute Gasteiger partial charge is 0.264 e. The molecular formula is C24H13F6N5. The molecule has 2 heterocycles. The molecule has 2 aromatic carbocycles. The largest absolute Gasteiger partial charge is 0.416 e. The van der Waals surface area contributed by atoms with Crippen LogP contribution < -0.4 is 0 Å². The number of hydrogen-bond acceptors (Lipinski definition) is 4. The lowest BCUT2D eigenvalue weighted by atomic mass is 10.1. The minimum atomic E-state index is -4.54. The molecule has 0 saturated heterocycles. The first-order chi connectivity index (χ1) is 16.6.